The lowest BCUT2D eigenvalue weighted by Crippen LogP contribution is -2.07. The summed E-state index contributed by atoms with van der Waals surface area (Å²) in [6, 6.07) is 3.12. The van der Waals surface area contributed by atoms with Crippen LogP contribution < -0.4 is 0 Å². The van der Waals surface area contributed by atoms with Crippen molar-refractivity contribution in [2.24, 2.45) is 0 Å². The van der Waals surface area contributed by atoms with Gasteiger partial charge in [-0.3, -0.25) is 4.79 Å². The SMILES string of the molecule is Cc1cc(F)c(C(=O)c2c[nH]c(C(=O)O)c2)c(F)c1. The molecule has 0 atom stereocenters. The van der Waals surface area contributed by atoms with E-state index in [2.05, 4.69) is 4.98 Å². The van der Waals surface area contributed by atoms with Gasteiger partial charge in [-0.25, -0.2) is 13.6 Å². The third-order valence-electron chi connectivity index (χ3n) is 2.59. The number of halogens is 2. The van der Waals surface area contributed by atoms with E-state index in [1.165, 1.54) is 6.92 Å². The summed E-state index contributed by atoms with van der Waals surface area (Å²) < 4.78 is 27.3. The lowest BCUT2D eigenvalue weighted by atomic mass is 10.0. The Kier molecular flexibility index (Phi) is 3.16. The first-order valence-electron chi connectivity index (χ1n) is 5.32. The smallest absolute Gasteiger partial charge is 0.352 e. The molecule has 0 saturated heterocycles. The normalized spacial score (nSPS) is 10.5. The van der Waals surface area contributed by atoms with Gasteiger partial charge < -0.3 is 10.1 Å². The molecule has 0 unspecified atom stereocenters. The Bertz CT molecular complexity index is 653. The fourth-order valence-electron chi connectivity index (χ4n) is 1.71. The number of rotatable bonds is 3. The van der Waals surface area contributed by atoms with E-state index in [0.717, 1.165) is 24.4 Å². The van der Waals surface area contributed by atoms with Gasteiger partial charge in [-0.2, -0.15) is 0 Å². The molecule has 2 rings (SSSR count). The van der Waals surface area contributed by atoms with E-state index in [9.17, 15) is 18.4 Å². The Morgan fingerprint density at radius 1 is 1.16 bits per heavy atom. The third-order valence-corrected chi connectivity index (χ3v) is 2.59. The van der Waals surface area contributed by atoms with Crippen LogP contribution in [-0.4, -0.2) is 21.8 Å². The molecular weight excluding hydrogens is 256 g/mol. The average molecular weight is 265 g/mol. The molecule has 1 aromatic heterocycles. The van der Waals surface area contributed by atoms with Crippen molar-refractivity contribution >= 4 is 11.8 Å². The first-order valence-corrected chi connectivity index (χ1v) is 5.32. The Labute approximate surface area is 106 Å². The van der Waals surface area contributed by atoms with Gasteiger partial charge in [-0.1, -0.05) is 0 Å². The van der Waals surface area contributed by atoms with Crippen molar-refractivity contribution < 1.29 is 23.5 Å². The largest absolute Gasteiger partial charge is 0.477 e. The maximum absolute atomic E-state index is 13.6. The summed E-state index contributed by atoms with van der Waals surface area (Å²) in [7, 11) is 0. The number of aromatic amines is 1. The van der Waals surface area contributed by atoms with Crippen LogP contribution in [0.4, 0.5) is 8.78 Å². The second-order valence-corrected chi connectivity index (χ2v) is 4.04. The number of carbonyl (C=O) groups is 2. The van der Waals surface area contributed by atoms with Crippen molar-refractivity contribution in [3.05, 3.63) is 58.4 Å². The number of hydrogen-bond acceptors (Lipinski definition) is 2. The highest BCUT2D eigenvalue weighted by Crippen LogP contribution is 2.19. The average Bonchev–Trinajstić information content (AvgIpc) is 2.76. The highest BCUT2D eigenvalue weighted by atomic mass is 19.1. The number of carboxylic acid groups (broad SMARTS) is 1. The molecule has 0 radical (unpaired) electrons. The molecule has 0 spiro atoms. The highest BCUT2D eigenvalue weighted by molar-refractivity contribution is 6.10. The van der Waals surface area contributed by atoms with E-state index in [4.69, 9.17) is 5.11 Å². The monoisotopic (exact) mass is 265 g/mol. The zero-order valence-corrected chi connectivity index (χ0v) is 9.83. The lowest BCUT2D eigenvalue weighted by Gasteiger charge is -2.04. The minimum absolute atomic E-state index is 0.112. The van der Waals surface area contributed by atoms with Gasteiger partial charge in [0.1, 0.15) is 17.3 Å². The van der Waals surface area contributed by atoms with Crippen LogP contribution in [0.5, 0.6) is 0 Å². The molecule has 0 fully saturated rings. The van der Waals surface area contributed by atoms with E-state index >= 15 is 0 Å². The molecule has 19 heavy (non-hydrogen) atoms. The fourth-order valence-corrected chi connectivity index (χ4v) is 1.71. The highest BCUT2D eigenvalue weighted by Gasteiger charge is 2.21. The minimum Gasteiger partial charge on any atom is -0.477 e. The fraction of sp³-hybridized carbons (Fsp3) is 0.0769. The van der Waals surface area contributed by atoms with Crippen LogP contribution in [0.1, 0.15) is 32.0 Å². The molecule has 2 aromatic rings. The number of hydrogen-bond donors (Lipinski definition) is 2. The van der Waals surface area contributed by atoms with Crippen molar-refractivity contribution in [3.8, 4) is 0 Å². The first kappa shape index (κ1) is 12.9. The van der Waals surface area contributed by atoms with E-state index < -0.39 is 29.0 Å². The van der Waals surface area contributed by atoms with Crippen molar-refractivity contribution in [3.63, 3.8) is 0 Å². The second kappa shape index (κ2) is 4.64. The lowest BCUT2D eigenvalue weighted by molar-refractivity contribution is 0.0691. The summed E-state index contributed by atoms with van der Waals surface area (Å²) in [6.45, 7) is 1.50. The predicted molar refractivity (Wildman–Crippen MR) is 62.3 cm³/mol. The molecule has 1 heterocycles. The molecule has 98 valence electrons. The number of ketones is 1. The van der Waals surface area contributed by atoms with Gasteiger partial charge in [-0.05, 0) is 30.7 Å². The number of carboxylic acids is 1. The number of aromatic carboxylic acids is 1. The van der Waals surface area contributed by atoms with Gasteiger partial charge in [-0.15, -0.1) is 0 Å². The molecule has 0 aliphatic heterocycles. The molecule has 0 bridgehead atoms. The summed E-state index contributed by atoms with van der Waals surface area (Å²) >= 11 is 0. The number of aromatic nitrogens is 1. The maximum Gasteiger partial charge on any atom is 0.352 e. The summed E-state index contributed by atoms with van der Waals surface area (Å²) in [5.41, 5.74) is -0.677. The molecule has 4 nitrogen and oxygen atoms in total. The molecule has 0 amide bonds. The zero-order valence-electron chi connectivity index (χ0n) is 9.83. The molecule has 2 N–H and O–H groups in total. The van der Waals surface area contributed by atoms with Crippen LogP contribution in [-0.2, 0) is 0 Å². The van der Waals surface area contributed by atoms with Gasteiger partial charge >= 0.3 is 5.97 Å². The van der Waals surface area contributed by atoms with E-state index in [1.807, 2.05) is 0 Å². The van der Waals surface area contributed by atoms with E-state index in [1.54, 1.807) is 0 Å². The van der Waals surface area contributed by atoms with E-state index in [-0.39, 0.29) is 11.3 Å². The third kappa shape index (κ3) is 2.37. The van der Waals surface area contributed by atoms with E-state index in [0.29, 0.717) is 5.56 Å². The van der Waals surface area contributed by atoms with Crippen LogP contribution in [0, 0.1) is 18.6 Å². The Balaban J connectivity index is 2.47. The maximum atomic E-state index is 13.6. The predicted octanol–water partition coefficient (Wildman–Crippen LogP) is 2.53. The Hall–Kier alpha value is -2.50. The summed E-state index contributed by atoms with van der Waals surface area (Å²) in [5.74, 6) is -4.11. The number of benzene rings is 1. The number of aryl methyl sites for hydroxylation is 1. The van der Waals surface area contributed by atoms with Crippen molar-refractivity contribution in [2.75, 3.05) is 0 Å². The van der Waals surface area contributed by atoms with Crippen LogP contribution in [0.25, 0.3) is 0 Å². The molecule has 0 saturated carbocycles. The van der Waals surface area contributed by atoms with Gasteiger partial charge in [0.05, 0.1) is 5.56 Å². The van der Waals surface area contributed by atoms with Gasteiger partial charge in [0, 0.05) is 11.8 Å². The standard InChI is InChI=1S/C13H9F2NO3/c1-6-2-8(14)11(9(15)3-6)12(17)7-4-10(13(18)19)16-5-7/h2-5,16H,1H3,(H,18,19). The molecule has 0 aliphatic rings. The van der Waals surface area contributed by atoms with Crippen LogP contribution in [0.15, 0.2) is 24.4 Å². The Morgan fingerprint density at radius 3 is 2.21 bits per heavy atom. The summed E-state index contributed by atoms with van der Waals surface area (Å²) in [5, 5.41) is 8.71. The Morgan fingerprint density at radius 2 is 1.74 bits per heavy atom. The number of nitrogens with one attached hydrogen (secondary N) is 1. The summed E-state index contributed by atoms with van der Waals surface area (Å²) in [6.07, 6.45) is 1.10. The minimum atomic E-state index is -1.26. The van der Waals surface area contributed by atoms with Gasteiger partial charge in [0.25, 0.3) is 0 Å². The molecule has 1 aromatic carbocycles. The van der Waals surface area contributed by atoms with Gasteiger partial charge in [0.2, 0.25) is 0 Å². The number of carbonyl (C=O) groups excluding carboxylic acids is 1. The van der Waals surface area contributed by atoms with Crippen LogP contribution in [0.3, 0.4) is 0 Å². The van der Waals surface area contributed by atoms with Crippen LogP contribution in [0.2, 0.25) is 0 Å². The second-order valence-electron chi connectivity index (χ2n) is 4.04. The number of H-pyrrole nitrogens is 1. The van der Waals surface area contributed by atoms with Crippen LogP contribution >= 0.6 is 0 Å². The summed E-state index contributed by atoms with van der Waals surface area (Å²) in [4.78, 5) is 24.9. The zero-order chi connectivity index (χ0) is 14.2. The van der Waals surface area contributed by atoms with Crippen molar-refractivity contribution in [2.45, 2.75) is 6.92 Å². The molecule has 0 aliphatic carbocycles. The van der Waals surface area contributed by atoms with Crippen molar-refractivity contribution in [1.82, 2.24) is 4.98 Å². The van der Waals surface area contributed by atoms with Gasteiger partial charge in [0.15, 0.2) is 5.78 Å². The quantitative estimate of drug-likeness (QED) is 0.838. The molecular formula is C13H9F2NO3. The topological polar surface area (TPSA) is 70.2 Å². The first-order chi connectivity index (χ1) is 8.90. The molecule has 6 heteroatoms. The van der Waals surface area contributed by atoms with Crippen molar-refractivity contribution in [1.29, 1.82) is 0 Å².